The first-order chi connectivity index (χ1) is 13.9. The van der Waals surface area contributed by atoms with E-state index < -0.39 is 37.0 Å². The first-order valence-corrected chi connectivity index (χ1v) is 9.57. The van der Waals surface area contributed by atoms with Crippen LogP contribution in [-0.2, 0) is 14.3 Å². The summed E-state index contributed by atoms with van der Waals surface area (Å²) in [7, 11) is 1.48. The molecule has 29 heavy (non-hydrogen) atoms. The van der Waals surface area contributed by atoms with Crippen LogP contribution < -0.4 is 20.7 Å². The van der Waals surface area contributed by atoms with Crippen LogP contribution in [0.4, 0.5) is 4.79 Å². The number of urea groups is 1. The van der Waals surface area contributed by atoms with Gasteiger partial charge in [-0.25, -0.2) is 4.79 Å². The van der Waals surface area contributed by atoms with Crippen LogP contribution in [0.2, 0.25) is 0 Å². The number of hydrogen-bond acceptors (Lipinski definition) is 6. The molecule has 0 aliphatic heterocycles. The highest BCUT2D eigenvalue weighted by Gasteiger charge is 2.23. The number of benzene rings is 1. The largest absolute Gasteiger partial charge is 0.497 e. The Morgan fingerprint density at radius 3 is 2.62 bits per heavy atom. The van der Waals surface area contributed by atoms with Crippen molar-refractivity contribution in [2.45, 2.75) is 38.6 Å². The molecule has 2 rings (SSSR count). The van der Waals surface area contributed by atoms with Crippen LogP contribution >= 0.6 is 0 Å². The number of rotatable bonds is 7. The maximum Gasteiger partial charge on any atom is 0.325 e. The van der Waals surface area contributed by atoms with Gasteiger partial charge >= 0.3 is 12.0 Å². The third-order valence-electron chi connectivity index (χ3n) is 4.77. The van der Waals surface area contributed by atoms with Gasteiger partial charge in [0, 0.05) is 11.6 Å². The highest BCUT2D eigenvalue weighted by Crippen LogP contribution is 2.23. The van der Waals surface area contributed by atoms with Crippen molar-refractivity contribution < 1.29 is 28.7 Å². The molecule has 0 radical (unpaired) electrons. The Balaban J connectivity index is 1.66. The molecule has 3 N–H and O–H groups in total. The van der Waals surface area contributed by atoms with E-state index in [2.05, 4.69) is 22.9 Å². The summed E-state index contributed by atoms with van der Waals surface area (Å²) >= 11 is 0. The molecule has 1 fully saturated rings. The van der Waals surface area contributed by atoms with E-state index in [1.54, 1.807) is 18.2 Å². The lowest BCUT2D eigenvalue weighted by Crippen LogP contribution is -2.48. The van der Waals surface area contributed by atoms with Crippen molar-refractivity contribution in [3.05, 3.63) is 29.8 Å². The minimum Gasteiger partial charge on any atom is -0.497 e. The van der Waals surface area contributed by atoms with Crippen molar-refractivity contribution in [3.8, 4) is 5.75 Å². The lowest BCUT2D eigenvalue weighted by Gasteiger charge is -2.29. The van der Waals surface area contributed by atoms with E-state index in [0.717, 1.165) is 25.7 Å². The molecule has 9 heteroatoms. The summed E-state index contributed by atoms with van der Waals surface area (Å²) in [5.74, 6) is -1.14. The van der Waals surface area contributed by atoms with E-state index in [1.807, 2.05) is 0 Å². The smallest absolute Gasteiger partial charge is 0.325 e. The molecule has 0 spiro atoms. The molecule has 0 saturated heterocycles. The summed E-state index contributed by atoms with van der Waals surface area (Å²) < 4.78 is 9.81. The quantitative estimate of drug-likeness (QED) is 0.589. The molecule has 2 atom stereocenters. The minimum atomic E-state index is -0.794. The van der Waals surface area contributed by atoms with Crippen molar-refractivity contribution >= 4 is 23.8 Å². The zero-order valence-corrected chi connectivity index (χ0v) is 16.7. The maximum absolute atomic E-state index is 12.0. The zero-order chi connectivity index (χ0) is 21.2. The third-order valence-corrected chi connectivity index (χ3v) is 4.77. The molecular weight excluding hydrogens is 378 g/mol. The fourth-order valence-electron chi connectivity index (χ4n) is 3.11. The first kappa shape index (κ1) is 22.2. The van der Waals surface area contributed by atoms with Gasteiger partial charge in [0.05, 0.1) is 7.11 Å². The standard InChI is InChI=1S/C20H27N3O6/c1-13-6-3-4-9-16(13)22-20(27)23-17(24)12-29-18(25)11-21-19(26)14-7-5-8-15(10-14)28-2/h5,7-8,10,13,16H,3-4,6,9,11-12H2,1-2H3,(H,21,26)(H2,22,23,24,27). The Labute approximate surface area is 169 Å². The Kier molecular flexibility index (Phi) is 8.45. The molecular formula is C20H27N3O6. The van der Waals surface area contributed by atoms with Gasteiger partial charge in [0.15, 0.2) is 6.61 Å². The van der Waals surface area contributed by atoms with E-state index in [-0.39, 0.29) is 6.04 Å². The molecule has 158 valence electrons. The zero-order valence-electron chi connectivity index (χ0n) is 16.7. The second-order valence-electron chi connectivity index (χ2n) is 6.97. The van der Waals surface area contributed by atoms with Crippen LogP contribution in [0.25, 0.3) is 0 Å². The van der Waals surface area contributed by atoms with Crippen LogP contribution in [-0.4, -0.2) is 50.1 Å². The predicted molar refractivity (Wildman–Crippen MR) is 104 cm³/mol. The predicted octanol–water partition coefficient (Wildman–Crippen LogP) is 1.37. The number of ether oxygens (including phenoxy) is 2. The van der Waals surface area contributed by atoms with Crippen LogP contribution in [0, 0.1) is 5.92 Å². The lowest BCUT2D eigenvalue weighted by molar-refractivity contribution is -0.147. The Hall–Kier alpha value is -3.10. The summed E-state index contributed by atoms with van der Waals surface area (Å²) in [4.78, 5) is 47.4. The number of esters is 1. The average molecular weight is 405 g/mol. The minimum absolute atomic E-state index is 0.0333. The van der Waals surface area contributed by atoms with Gasteiger partial charge < -0.3 is 20.1 Å². The second kappa shape index (κ2) is 11.0. The molecule has 0 bridgehead atoms. The number of imide groups is 1. The summed E-state index contributed by atoms with van der Waals surface area (Å²) in [6.07, 6.45) is 4.11. The molecule has 9 nitrogen and oxygen atoms in total. The normalized spacial score (nSPS) is 18.3. The first-order valence-electron chi connectivity index (χ1n) is 9.57. The van der Waals surface area contributed by atoms with Gasteiger partial charge in [-0.05, 0) is 37.0 Å². The molecule has 2 unspecified atom stereocenters. The summed E-state index contributed by atoms with van der Waals surface area (Å²) in [5.41, 5.74) is 0.323. The van der Waals surface area contributed by atoms with E-state index >= 15 is 0 Å². The van der Waals surface area contributed by atoms with Gasteiger partial charge in [-0.15, -0.1) is 0 Å². The number of nitrogens with one attached hydrogen (secondary N) is 3. The monoisotopic (exact) mass is 405 g/mol. The van der Waals surface area contributed by atoms with Gasteiger partial charge in [0.1, 0.15) is 12.3 Å². The van der Waals surface area contributed by atoms with Crippen LogP contribution in [0.1, 0.15) is 43.0 Å². The van der Waals surface area contributed by atoms with E-state index in [0.29, 0.717) is 17.2 Å². The molecule has 0 aromatic heterocycles. The number of methoxy groups -OCH3 is 1. The highest BCUT2D eigenvalue weighted by atomic mass is 16.5. The van der Waals surface area contributed by atoms with Gasteiger partial charge in [-0.2, -0.15) is 0 Å². The third kappa shape index (κ3) is 7.44. The lowest BCUT2D eigenvalue weighted by atomic mass is 9.86. The molecule has 1 aliphatic carbocycles. The van der Waals surface area contributed by atoms with Gasteiger partial charge in [0.2, 0.25) is 0 Å². The van der Waals surface area contributed by atoms with E-state index in [9.17, 15) is 19.2 Å². The fraction of sp³-hybridized carbons (Fsp3) is 0.500. The van der Waals surface area contributed by atoms with Crippen molar-refractivity contribution in [2.24, 2.45) is 5.92 Å². The SMILES string of the molecule is COc1cccc(C(=O)NCC(=O)OCC(=O)NC(=O)NC2CCCCC2C)c1. The van der Waals surface area contributed by atoms with E-state index in [4.69, 9.17) is 9.47 Å². The second-order valence-corrected chi connectivity index (χ2v) is 6.97. The Morgan fingerprint density at radius 1 is 1.14 bits per heavy atom. The van der Waals surface area contributed by atoms with Crippen LogP contribution in [0.3, 0.4) is 0 Å². The van der Waals surface area contributed by atoms with Crippen LogP contribution in [0.15, 0.2) is 24.3 Å². The van der Waals surface area contributed by atoms with Crippen molar-refractivity contribution in [1.29, 1.82) is 0 Å². The number of hydrogen-bond donors (Lipinski definition) is 3. The Morgan fingerprint density at radius 2 is 1.90 bits per heavy atom. The van der Waals surface area contributed by atoms with Crippen molar-refractivity contribution in [3.63, 3.8) is 0 Å². The summed E-state index contributed by atoms with van der Waals surface area (Å²) in [6, 6.07) is 5.87. The highest BCUT2D eigenvalue weighted by molar-refractivity contribution is 5.97. The topological polar surface area (TPSA) is 123 Å². The van der Waals surface area contributed by atoms with Gasteiger partial charge in [0.25, 0.3) is 11.8 Å². The summed E-state index contributed by atoms with van der Waals surface area (Å²) in [6.45, 7) is 1.05. The summed E-state index contributed by atoms with van der Waals surface area (Å²) in [5, 5.41) is 7.31. The molecule has 1 saturated carbocycles. The van der Waals surface area contributed by atoms with Crippen LogP contribution in [0.5, 0.6) is 5.75 Å². The molecule has 0 heterocycles. The maximum atomic E-state index is 12.0. The number of amides is 4. The molecule has 1 aromatic rings. The number of carbonyl (C=O) groups excluding carboxylic acids is 4. The average Bonchev–Trinajstić information content (AvgIpc) is 2.72. The van der Waals surface area contributed by atoms with Gasteiger partial charge in [-0.1, -0.05) is 25.8 Å². The van der Waals surface area contributed by atoms with Crippen molar-refractivity contribution in [2.75, 3.05) is 20.3 Å². The molecule has 1 aliphatic rings. The van der Waals surface area contributed by atoms with E-state index in [1.165, 1.54) is 13.2 Å². The van der Waals surface area contributed by atoms with Crippen molar-refractivity contribution in [1.82, 2.24) is 16.0 Å². The molecule has 4 amide bonds. The molecule has 1 aromatic carbocycles. The Bertz CT molecular complexity index is 751. The fourth-order valence-corrected chi connectivity index (χ4v) is 3.11. The van der Waals surface area contributed by atoms with Gasteiger partial charge in [-0.3, -0.25) is 19.7 Å². The number of carbonyl (C=O) groups is 4.